The number of hydrogen-bond donors (Lipinski definition) is 2. The highest BCUT2D eigenvalue weighted by Crippen LogP contribution is 2.57. The van der Waals surface area contributed by atoms with Crippen molar-refractivity contribution in [1.29, 1.82) is 0 Å². The van der Waals surface area contributed by atoms with Gasteiger partial charge in [-0.05, 0) is 50.5 Å². The standard InChI is InChI=1S/C20H25NO3/c1-12(2)16-14-8-9-15(16)18(20(23)24)17(14)19(22)21-11-10-13-6-4-3-5-7-13/h3-7,14-15,17-18H,8-11H2,1-2H3,(H,21,22)(H,23,24)/t14-,15-,17-,18+/m1/s1. The van der Waals surface area contributed by atoms with E-state index in [4.69, 9.17) is 0 Å². The molecule has 0 aromatic heterocycles. The SMILES string of the molecule is CC(C)=C1[C@H]2CC[C@H]1[C@@H](C(=O)NCCc1ccccc1)[C@H]2C(=O)O. The Hall–Kier alpha value is -2.10. The molecule has 3 rings (SSSR count). The van der Waals surface area contributed by atoms with Gasteiger partial charge in [-0.25, -0.2) is 0 Å². The van der Waals surface area contributed by atoms with Crippen LogP contribution in [0.5, 0.6) is 0 Å². The van der Waals surface area contributed by atoms with Gasteiger partial charge in [-0.2, -0.15) is 0 Å². The van der Waals surface area contributed by atoms with Crippen LogP contribution in [0.1, 0.15) is 32.3 Å². The number of carbonyl (C=O) groups excluding carboxylic acids is 1. The Kier molecular flexibility index (Phi) is 4.74. The van der Waals surface area contributed by atoms with Gasteiger partial charge in [0.25, 0.3) is 0 Å². The summed E-state index contributed by atoms with van der Waals surface area (Å²) in [6.45, 7) is 4.62. The zero-order chi connectivity index (χ0) is 17.3. The molecule has 4 atom stereocenters. The highest BCUT2D eigenvalue weighted by molar-refractivity contribution is 5.87. The van der Waals surface area contributed by atoms with E-state index >= 15 is 0 Å². The summed E-state index contributed by atoms with van der Waals surface area (Å²) in [6.07, 6.45) is 2.60. The van der Waals surface area contributed by atoms with Crippen molar-refractivity contribution in [2.75, 3.05) is 6.54 Å². The van der Waals surface area contributed by atoms with Gasteiger partial charge in [-0.1, -0.05) is 41.5 Å². The molecular weight excluding hydrogens is 302 g/mol. The van der Waals surface area contributed by atoms with Gasteiger partial charge in [0.15, 0.2) is 0 Å². The number of amides is 1. The first kappa shape index (κ1) is 16.7. The average Bonchev–Trinajstić information content (AvgIpc) is 3.11. The molecule has 1 aromatic carbocycles. The van der Waals surface area contributed by atoms with Crippen molar-refractivity contribution in [3.8, 4) is 0 Å². The molecular formula is C20H25NO3. The first-order valence-electron chi connectivity index (χ1n) is 8.72. The number of allylic oxidation sites excluding steroid dienone is 2. The smallest absolute Gasteiger partial charge is 0.307 e. The van der Waals surface area contributed by atoms with Gasteiger partial charge in [0.05, 0.1) is 11.8 Å². The predicted molar refractivity (Wildman–Crippen MR) is 92.4 cm³/mol. The Morgan fingerprint density at radius 2 is 1.71 bits per heavy atom. The number of benzene rings is 1. The molecule has 24 heavy (non-hydrogen) atoms. The molecule has 4 nitrogen and oxygen atoms in total. The summed E-state index contributed by atoms with van der Waals surface area (Å²) < 4.78 is 0. The number of nitrogens with one attached hydrogen (secondary N) is 1. The number of carboxylic acids is 1. The van der Waals surface area contributed by atoms with Crippen molar-refractivity contribution in [3.63, 3.8) is 0 Å². The molecule has 0 heterocycles. The van der Waals surface area contributed by atoms with Crippen LogP contribution in [-0.4, -0.2) is 23.5 Å². The maximum atomic E-state index is 12.7. The fraction of sp³-hybridized carbons (Fsp3) is 0.500. The first-order chi connectivity index (χ1) is 11.5. The number of aliphatic carboxylic acids is 1. The zero-order valence-corrected chi connectivity index (χ0v) is 14.3. The Morgan fingerprint density at radius 1 is 1.08 bits per heavy atom. The van der Waals surface area contributed by atoms with Crippen molar-refractivity contribution >= 4 is 11.9 Å². The van der Waals surface area contributed by atoms with Crippen LogP contribution in [0.3, 0.4) is 0 Å². The van der Waals surface area contributed by atoms with Gasteiger partial charge in [-0.15, -0.1) is 0 Å². The zero-order valence-electron chi connectivity index (χ0n) is 14.3. The lowest BCUT2D eigenvalue weighted by Crippen LogP contribution is -2.41. The van der Waals surface area contributed by atoms with Crippen molar-refractivity contribution in [1.82, 2.24) is 5.32 Å². The molecule has 2 aliphatic carbocycles. The van der Waals surface area contributed by atoms with Crippen LogP contribution in [0, 0.1) is 23.7 Å². The second kappa shape index (κ2) is 6.80. The van der Waals surface area contributed by atoms with Gasteiger partial charge in [0.1, 0.15) is 0 Å². The summed E-state index contributed by atoms with van der Waals surface area (Å²) in [6, 6.07) is 10.00. The number of rotatable bonds is 5. The minimum atomic E-state index is -0.829. The molecule has 2 bridgehead atoms. The van der Waals surface area contributed by atoms with E-state index in [0.29, 0.717) is 6.54 Å². The van der Waals surface area contributed by atoms with Crippen molar-refractivity contribution < 1.29 is 14.7 Å². The Morgan fingerprint density at radius 3 is 2.29 bits per heavy atom. The van der Waals surface area contributed by atoms with Crippen LogP contribution in [0.4, 0.5) is 0 Å². The normalized spacial score (nSPS) is 28.0. The lowest BCUT2D eigenvalue weighted by Gasteiger charge is -2.26. The van der Waals surface area contributed by atoms with Crippen molar-refractivity contribution in [3.05, 3.63) is 47.0 Å². The maximum absolute atomic E-state index is 12.7. The minimum Gasteiger partial charge on any atom is -0.481 e. The fourth-order valence-electron chi connectivity index (χ4n) is 4.70. The molecule has 0 saturated heterocycles. The number of fused-ring (bicyclic) bond motifs is 2. The van der Waals surface area contributed by atoms with Crippen LogP contribution in [0.25, 0.3) is 0 Å². The number of carboxylic acid groups (broad SMARTS) is 1. The fourth-order valence-corrected chi connectivity index (χ4v) is 4.70. The minimum absolute atomic E-state index is 0.0439. The van der Waals surface area contributed by atoms with Crippen LogP contribution in [0.15, 0.2) is 41.5 Å². The second-order valence-electron chi connectivity index (χ2n) is 7.16. The van der Waals surface area contributed by atoms with Gasteiger partial charge >= 0.3 is 5.97 Å². The van der Waals surface area contributed by atoms with E-state index < -0.39 is 17.8 Å². The molecule has 1 amide bonds. The highest BCUT2D eigenvalue weighted by Gasteiger charge is 2.57. The summed E-state index contributed by atoms with van der Waals surface area (Å²) in [4.78, 5) is 24.5. The van der Waals surface area contributed by atoms with Crippen LogP contribution >= 0.6 is 0 Å². The maximum Gasteiger partial charge on any atom is 0.307 e. The third-order valence-electron chi connectivity index (χ3n) is 5.56. The highest BCUT2D eigenvalue weighted by atomic mass is 16.4. The summed E-state index contributed by atoms with van der Waals surface area (Å²) >= 11 is 0. The molecule has 0 radical (unpaired) electrons. The first-order valence-corrected chi connectivity index (χ1v) is 8.72. The summed E-state index contributed by atoms with van der Waals surface area (Å²) in [5, 5.41) is 12.6. The molecule has 0 aliphatic heterocycles. The summed E-state index contributed by atoms with van der Waals surface area (Å²) in [7, 11) is 0. The summed E-state index contributed by atoms with van der Waals surface area (Å²) in [5.41, 5.74) is 3.59. The van der Waals surface area contributed by atoms with E-state index in [-0.39, 0.29) is 17.7 Å². The average molecular weight is 327 g/mol. The number of hydrogen-bond acceptors (Lipinski definition) is 2. The van der Waals surface area contributed by atoms with Crippen molar-refractivity contribution in [2.24, 2.45) is 23.7 Å². The van der Waals surface area contributed by atoms with E-state index in [1.165, 1.54) is 16.7 Å². The van der Waals surface area contributed by atoms with Crippen LogP contribution in [0.2, 0.25) is 0 Å². The molecule has 0 spiro atoms. The van der Waals surface area contributed by atoms with E-state index in [1.54, 1.807) is 0 Å². The second-order valence-corrected chi connectivity index (χ2v) is 7.16. The Labute approximate surface area is 143 Å². The predicted octanol–water partition coefficient (Wildman–Crippen LogP) is 3.04. The largest absolute Gasteiger partial charge is 0.481 e. The molecule has 1 aromatic rings. The molecule has 4 heteroatoms. The van der Waals surface area contributed by atoms with Crippen molar-refractivity contribution in [2.45, 2.75) is 33.1 Å². The summed E-state index contributed by atoms with van der Waals surface area (Å²) in [5.74, 6) is -1.75. The lowest BCUT2D eigenvalue weighted by molar-refractivity contribution is -0.149. The molecule has 0 unspecified atom stereocenters. The Balaban J connectivity index is 1.69. The molecule has 2 N–H and O–H groups in total. The third-order valence-corrected chi connectivity index (χ3v) is 5.56. The Bertz CT molecular complexity index is 661. The van der Waals surface area contributed by atoms with Gasteiger partial charge < -0.3 is 10.4 Å². The van der Waals surface area contributed by atoms with Crippen LogP contribution < -0.4 is 5.32 Å². The van der Waals surface area contributed by atoms with E-state index in [2.05, 4.69) is 5.32 Å². The van der Waals surface area contributed by atoms with E-state index in [9.17, 15) is 14.7 Å². The van der Waals surface area contributed by atoms with Gasteiger partial charge in [0, 0.05) is 6.54 Å². The quantitative estimate of drug-likeness (QED) is 0.817. The molecule has 2 fully saturated rings. The van der Waals surface area contributed by atoms with Gasteiger partial charge in [0.2, 0.25) is 5.91 Å². The van der Waals surface area contributed by atoms with E-state index in [1.807, 2.05) is 44.2 Å². The number of carbonyl (C=O) groups is 2. The molecule has 2 saturated carbocycles. The molecule has 128 valence electrons. The topological polar surface area (TPSA) is 66.4 Å². The molecule has 2 aliphatic rings. The van der Waals surface area contributed by atoms with Crippen LogP contribution in [-0.2, 0) is 16.0 Å². The third kappa shape index (κ3) is 2.97. The lowest BCUT2D eigenvalue weighted by atomic mass is 9.78. The van der Waals surface area contributed by atoms with Gasteiger partial charge in [-0.3, -0.25) is 9.59 Å². The van der Waals surface area contributed by atoms with E-state index in [0.717, 1.165) is 19.3 Å². The monoisotopic (exact) mass is 327 g/mol.